The van der Waals surface area contributed by atoms with Gasteiger partial charge in [0.2, 0.25) is 0 Å². The summed E-state index contributed by atoms with van der Waals surface area (Å²) in [6, 6.07) is 7.83. The van der Waals surface area contributed by atoms with E-state index in [1.54, 1.807) is 13.3 Å². The van der Waals surface area contributed by atoms with Crippen LogP contribution in [0.5, 0.6) is 5.75 Å². The zero-order valence-electron chi connectivity index (χ0n) is 14.4. The fourth-order valence-electron chi connectivity index (χ4n) is 2.53. The van der Waals surface area contributed by atoms with Crippen LogP contribution in [0, 0.1) is 13.8 Å². The number of carbonyl (C=O) groups is 1. The molecule has 3 rings (SSSR count). The normalized spacial score (nSPS) is 15.0. The first-order valence-electron chi connectivity index (χ1n) is 8.36. The van der Waals surface area contributed by atoms with Crippen LogP contribution in [0.15, 0.2) is 30.6 Å². The van der Waals surface area contributed by atoms with Gasteiger partial charge in [-0.1, -0.05) is 12.1 Å². The second-order valence-electron chi connectivity index (χ2n) is 6.38. The van der Waals surface area contributed by atoms with Crippen LogP contribution in [0.3, 0.4) is 0 Å². The van der Waals surface area contributed by atoms with Gasteiger partial charge in [-0.05, 0) is 56.9 Å². The van der Waals surface area contributed by atoms with Gasteiger partial charge >= 0.3 is 0 Å². The maximum absolute atomic E-state index is 12.3. The summed E-state index contributed by atoms with van der Waals surface area (Å²) in [5, 5.41) is 2.89. The molecular formula is C19H23N3O2. The molecule has 2 aromatic rings. The molecule has 5 nitrogen and oxygen atoms in total. The second kappa shape index (κ2) is 6.99. The molecule has 1 heterocycles. The Labute approximate surface area is 142 Å². The summed E-state index contributed by atoms with van der Waals surface area (Å²) < 4.78 is 5.80. The van der Waals surface area contributed by atoms with Crippen LogP contribution in [-0.4, -0.2) is 22.0 Å². The number of aryl methyl sites for hydroxylation is 1. The van der Waals surface area contributed by atoms with Gasteiger partial charge in [0.05, 0.1) is 12.2 Å². The fraction of sp³-hybridized carbons (Fsp3) is 0.421. The molecule has 1 aliphatic carbocycles. The van der Waals surface area contributed by atoms with Crippen molar-refractivity contribution in [3.63, 3.8) is 0 Å². The Morgan fingerprint density at radius 1 is 1.33 bits per heavy atom. The van der Waals surface area contributed by atoms with Crippen molar-refractivity contribution in [2.75, 3.05) is 0 Å². The van der Waals surface area contributed by atoms with Crippen molar-refractivity contribution in [2.45, 2.75) is 52.2 Å². The van der Waals surface area contributed by atoms with Crippen molar-refractivity contribution >= 4 is 5.91 Å². The predicted octanol–water partition coefficient (Wildman–Crippen LogP) is 3.05. The second-order valence-corrected chi connectivity index (χ2v) is 6.38. The highest BCUT2D eigenvalue weighted by atomic mass is 16.5. The van der Waals surface area contributed by atoms with E-state index in [1.807, 2.05) is 38.1 Å². The number of hydrogen-bond donors (Lipinski definition) is 1. The monoisotopic (exact) mass is 325 g/mol. The van der Waals surface area contributed by atoms with E-state index in [-0.39, 0.29) is 5.91 Å². The molecule has 1 fully saturated rings. The number of hydrogen-bond acceptors (Lipinski definition) is 4. The van der Waals surface area contributed by atoms with Crippen molar-refractivity contribution < 1.29 is 9.53 Å². The quantitative estimate of drug-likeness (QED) is 0.886. The summed E-state index contributed by atoms with van der Waals surface area (Å²) >= 11 is 0. The summed E-state index contributed by atoms with van der Waals surface area (Å²) in [7, 11) is 0. The molecule has 126 valence electrons. The minimum atomic E-state index is -0.560. The number of ether oxygens (including phenoxy) is 1. The van der Waals surface area contributed by atoms with E-state index < -0.39 is 6.10 Å². The van der Waals surface area contributed by atoms with E-state index in [9.17, 15) is 4.79 Å². The van der Waals surface area contributed by atoms with Crippen LogP contribution < -0.4 is 10.1 Å². The fourth-order valence-corrected chi connectivity index (χ4v) is 2.53. The average Bonchev–Trinajstić information content (AvgIpc) is 3.42. The first kappa shape index (κ1) is 16.4. The number of benzene rings is 1. The van der Waals surface area contributed by atoms with Crippen LogP contribution in [0.25, 0.3) is 0 Å². The van der Waals surface area contributed by atoms with Gasteiger partial charge < -0.3 is 10.1 Å². The topological polar surface area (TPSA) is 64.1 Å². The van der Waals surface area contributed by atoms with Crippen molar-refractivity contribution in [2.24, 2.45) is 0 Å². The van der Waals surface area contributed by atoms with Crippen molar-refractivity contribution in [3.05, 3.63) is 53.1 Å². The maximum atomic E-state index is 12.3. The Hall–Kier alpha value is -2.43. The smallest absolute Gasteiger partial charge is 0.261 e. The van der Waals surface area contributed by atoms with Crippen molar-refractivity contribution in [3.8, 4) is 5.75 Å². The lowest BCUT2D eigenvalue weighted by molar-refractivity contribution is -0.127. The molecule has 1 unspecified atom stereocenters. The number of nitrogens with one attached hydrogen (secondary N) is 1. The molecule has 1 aromatic heterocycles. The summed E-state index contributed by atoms with van der Waals surface area (Å²) in [4.78, 5) is 20.8. The summed E-state index contributed by atoms with van der Waals surface area (Å²) in [6.07, 6.45) is 3.41. The molecule has 0 radical (unpaired) electrons. The maximum Gasteiger partial charge on any atom is 0.261 e. The molecule has 1 saturated carbocycles. The van der Waals surface area contributed by atoms with Crippen LogP contribution in [0.4, 0.5) is 0 Å². The molecule has 0 aliphatic heterocycles. The van der Waals surface area contributed by atoms with Crippen LogP contribution >= 0.6 is 0 Å². The highest BCUT2D eigenvalue weighted by Gasteiger charge is 2.25. The zero-order chi connectivity index (χ0) is 17.1. The molecule has 1 N–H and O–H groups in total. The predicted molar refractivity (Wildman–Crippen MR) is 91.9 cm³/mol. The molecule has 1 atom stereocenters. The Kier molecular flexibility index (Phi) is 4.79. The lowest BCUT2D eigenvalue weighted by Crippen LogP contribution is -2.36. The van der Waals surface area contributed by atoms with Crippen LogP contribution in [0.2, 0.25) is 0 Å². The average molecular weight is 325 g/mol. The molecule has 1 aliphatic rings. The standard InChI is InChI=1S/C19H23N3O2/c1-12-5-4-6-18(13(12)2)24-14(3)19(23)20-10-16-9-17(15-7-8-15)22-11-21-16/h4-6,9,11,14-15H,7-8,10H2,1-3H3,(H,20,23). The Bertz CT molecular complexity index is 741. The number of amides is 1. The van der Waals surface area contributed by atoms with E-state index in [2.05, 4.69) is 15.3 Å². The van der Waals surface area contributed by atoms with Gasteiger partial charge in [0.15, 0.2) is 6.10 Å². The molecule has 5 heteroatoms. The third-order valence-corrected chi connectivity index (χ3v) is 4.41. The molecule has 1 amide bonds. The number of aromatic nitrogens is 2. The lowest BCUT2D eigenvalue weighted by Gasteiger charge is -2.17. The third-order valence-electron chi connectivity index (χ3n) is 4.41. The van der Waals surface area contributed by atoms with E-state index in [1.165, 1.54) is 12.8 Å². The molecule has 0 bridgehead atoms. The van der Waals surface area contributed by atoms with Gasteiger partial charge in [-0.2, -0.15) is 0 Å². The Balaban J connectivity index is 1.56. The minimum absolute atomic E-state index is 0.150. The summed E-state index contributed by atoms with van der Waals surface area (Å²) in [5.74, 6) is 1.17. The minimum Gasteiger partial charge on any atom is -0.481 e. The van der Waals surface area contributed by atoms with Gasteiger partial charge in [-0.3, -0.25) is 4.79 Å². The van der Waals surface area contributed by atoms with Crippen molar-refractivity contribution in [1.82, 2.24) is 15.3 Å². The van der Waals surface area contributed by atoms with Gasteiger partial charge in [0.25, 0.3) is 5.91 Å². The number of nitrogens with zero attached hydrogens (tertiary/aromatic N) is 2. The highest BCUT2D eigenvalue weighted by molar-refractivity contribution is 5.80. The first-order valence-corrected chi connectivity index (χ1v) is 8.36. The highest BCUT2D eigenvalue weighted by Crippen LogP contribution is 2.38. The molecule has 1 aromatic carbocycles. The lowest BCUT2D eigenvalue weighted by atomic mass is 10.1. The third kappa shape index (κ3) is 3.91. The largest absolute Gasteiger partial charge is 0.481 e. The van der Waals surface area contributed by atoms with Gasteiger partial charge in [0, 0.05) is 11.6 Å². The van der Waals surface area contributed by atoms with Crippen LogP contribution in [-0.2, 0) is 11.3 Å². The summed E-state index contributed by atoms with van der Waals surface area (Å²) in [6.45, 7) is 6.17. The van der Waals surface area contributed by atoms with Gasteiger partial charge in [-0.25, -0.2) is 9.97 Å². The Morgan fingerprint density at radius 2 is 2.12 bits per heavy atom. The van der Waals surface area contributed by atoms with E-state index in [4.69, 9.17) is 4.74 Å². The van der Waals surface area contributed by atoms with Gasteiger partial charge in [0.1, 0.15) is 12.1 Å². The summed E-state index contributed by atoms with van der Waals surface area (Å²) in [5.41, 5.74) is 4.11. The van der Waals surface area contributed by atoms with E-state index >= 15 is 0 Å². The van der Waals surface area contributed by atoms with Gasteiger partial charge in [-0.15, -0.1) is 0 Å². The van der Waals surface area contributed by atoms with Crippen molar-refractivity contribution in [1.29, 1.82) is 0 Å². The first-order chi connectivity index (χ1) is 11.5. The van der Waals surface area contributed by atoms with Crippen LogP contribution in [0.1, 0.15) is 48.2 Å². The Morgan fingerprint density at radius 3 is 2.88 bits per heavy atom. The van der Waals surface area contributed by atoms with E-state index in [0.29, 0.717) is 12.5 Å². The molecule has 0 saturated heterocycles. The van der Waals surface area contributed by atoms with E-state index in [0.717, 1.165) is 28.3 Å². The SMILES string of the molecule is Cc1cccc(OC(C)C(=O)NCc2cc(C3CC3)ncn2)c1C. The number of carbonyl (C=O) groups excluding carboxylic acids is 1. The zero-order valence-corrected chi connectivity index (χ0v) is 14.4. The molecule has 0 spiro atoms. The molecule has 24 heavy (non-hydrogen) atoms. The molecular weight excluding hydrogens is 302 g/mol. The number of rotatable bonds is 6.